The molecule has 2 rings (SSSR count). The van der Waals surface area contributed by atoms with Crippen LogP contribution in [0.1, 0.15) is 107 Å². The molecule has 152 valence electrons. The molecule has 0 aromatic carbocycles. The van der Waals surface area contributed by atoms with Crippen molar-refractivity contribution in [1.82, 2.24) is 0 Å². The molecule has 0 aliphatic heterocycles. The summed E-state index contributed by atoms with van der Waals surface area (Å²) in [6.45, 7) is 17.5. The molecule has 2 aliphatic rings. The smallest absolute Gasteiger partial charge is 0.428 e. The molecule has 0 saturated heterocycles. The molecule has 3 nitrogen and oxygen atoms in total. The lowest BCUT2D eigenvalue weighted by Gasteiger charge is -2.44. The fraction of sp³-hybridized carbons (Fsp3) is 0.957. The average Bonchev–Trinajstić information content (AvgIpc) is 2.43. The van der Waals surface area contributed by atoms with Crippen LogP contribution in [0.2, 0.25) is 0 Å². The van der Waals surface area contributed by atoms with Gasteiger partial charge in [-0.2, -0.15) is 0 Å². The number of carbonyl (C=O) groups excluding carboxylic acids is 1. The van der Waals surface area contributed by atoms with Crippen LogP contribution >= 0.6 is 0 Å². The van der Waals surface area contributed by atoms with Gasteiger partial charge in [-0.1, -0.05) is 40.5 Å². The minimum Gasteiger partial charge on any atom is -0.428 e. The summed E-state index contributed by atoms with van der Waals surface area (Å²) in [5.41, 5.74) is -0.284. The summed E-state index contributed by atoms with van der Waals surface area (Å²) in [5.74, 6) is 0.797. The zero-order chi connectivity index (χ0) is 19.8. The van der Waals surface area contributed by atoms with Crippen LogP contribution in [0.3, 0.4) is 0 Å². The zero-order valence-electron chi connectivity index (χ0n) is 18.5. The van der Waals surface area contributed by atoms with E-state index in [2.05, 4.69) is 55.4 Å². The lowest BCUT2D eigenvalue weighted by molar-refractivity contribution is -0.111. The second-order valence-corrected chi connectivity index (χ2v) is 11.6. The predicted molar refractivity (Wildman–Crippen MR) is 107 cm³/mol. The van der Waals surface area contributed by atoms with Gasteiger partial charge in [0, 0.05) is 0 Å². The van der Waals surface area contributed by atoms with Crippen molar-refractivity contribution in [3.63, 3.8) is 0 Å². The molecule has 3 heteroatoms. The zero-order valence-corrected chi connectivity index (χ0v) is 18.5. The van der Waals surface area contributed by atoms with Gasteiger partial charge >= 0.3 is 6.16 Å². The van der Waals surface area contributed by atoms with Gasteiger partial charge in [-0.3, -0.25) is 0 Å². The van der Waals surface area contributed by atoms with Gasteiger partial charge in [0.2, 0.25) is 0 Å². The number of rotatable bonds is 4. The maximum absolute atomic E-state index is 12.6. The van der Waals surface area contributed by atoms with E-state index in [-0.39, 0.29) is 0 Å². The molecule has 2 fully saturated rings. The Balaban J connectivity index is 1.96. The lowest BCUT2D eigenvalue weighted by Crippen LogP contribution is -2.45. The van der Waals surface area contributed by atoms with E-state index in [9.17, 15) is 4.79 Å². The van der Waals surface area contributed by atoms with Crippen LogP contribution in [0.5, 0.6) is 0 Å². The highest BCUT2D eigenvalue weighted by Crippen LogP contribution is 2.46. The molecular formula is C23H42O3. The van der Waals surface area contributed by atoms with E-state index in [0.717, 1.165) is 25.7 Å². The number of ether oxygens (including phenoxy) is 2. The molecule has 0 heterocycles. The van der Waals surface area contributed by atoms with Crippen molar-refractivity contribution in [3.8, 4) is 0 Å². The first-order valence-electron chi connectivity index (χ1n) is 10.6. The van der Waals surface area contributed by atoms with Crippen LogP contribution in [0.4, 0.5) is 4.79 Å². The Kier molecular flexibility index (Phi) is 6.10. The Morgan fingerprint density at radius 3 is 1.42 bits per heavy atom. The molecule has 26 heavy (non-hydrogen) atoms. The van der Waals surface area contributed by atoms with Crippen molar-refractivity contribution >= 4 is 6.16 Å². The Hall–Kier alpha value is -0.730. The van der Waals surface area contributed by atoms with E-state index in [4.69, 9.17) is 9.47 Å². The highest BCUT2D eigenvalue weighted by molar-refractivity contribution is 5.61. The number of carbonyl (C=O) groups is 1. The third-order valence-corrected chi connectivity index (χ3v) is 7.07. The summed E-state index contributed by atoms with van der Waals surface area (Å²) in [7, 11) is 0. The van der Waals surface area contributed by atoms with E-state index in [1.54, 1.807) is 0 Å². The van der Waals surface area contributed by atoms with Gasteiger partial charge in [0.1, 0.15) is 11.2 Å². The quantitative estimate of drug-likeness (QED) is 0.496. The molecule has 2 aliphatic carbocycles. The van der Waals surface area contributed by atoms with Gasteiger partial charge in [0.05, 0.1) is 0 Å². The van der Waals surface area contributed by atoms with E-state index < -0.39 is 17.4 Å². The molecular weight excluding hydrogens is 324 g/mol. The maximum atomic E-state index is 12.6. The third kappa shape index (κ3) is 5.63. The Labute approximate surface area is 161 Å². The molecule has 0 N–H and O–H groups in total. The van der Waals surface area contributed by atoms with Crippen molar-refractivity contribution < 1.29 is 14.3 Å². The van der Waals surface area contributed by atoms with Crippen LogP contribution in [0.15, 0.2) is 0 Å². The van der Waals surface area contributed by atoms with Gasteiger partial charge in [0.25, 0.3) is 0 Å². The summed E-state index contributed by atoms with van der Waals surface area (Å²) < 4.78 is 11.8. The fourth-order valence-corrected chi connectivity index (χ4v) is 5.20. The molecule has 0 aromatic rings. The highest BCUT2D eigenvalue weighted by atomic mass is 16.7. The van der Waals surface area contributed by atoms with Gasteiger partial charge < -0.3 is 9.47 Å². The van der Waals surface area contributed by atoms with Gasteiger partial charge in [-0.15, -0.1) is 0 Å². The first kappa shape index (κ1) is 21.6. The van der Waals surface area contributed by atoms with E-state index in [1.807, 2.05) is 0 Å². The summed E-state index contributed by atoms with van der Waals surface area (Å²) in [6, 6.07) is 0. The summed E-state index contributed by atoms with van der Waals surface area (Å²) in [5, 5.41) is 0. The summed E-state index contributed by atoms with van der Waals surface area (Å²) >= 11 is 0. The van der Waals surface area contributed by atoms with Crippen molar-refractivity contribution in [1.29, 1.82) is 0 Å². The first-order chi connectivity index (χ1) is 11.7. The molecule has 0 radical (unpaired) electrons. The normalized spacial score (nSPS) is 29.1. The molecule has 2 saturated carbocycles. The fourth-order valence-electron chi connectivity index (χ4n) is 5.20. The van der Waals surface area contributed by atoms with E-state index >= 15 is 0 Å². The minimum atomic E-state index is -0.494. The Morgan fingerprint density at radius 2 is 1.12 bits per heavy atom. The van der Waals surface area contributed by atoms with Crippen molar-refractivity contribution in [2.24, 2.45) is 22.7 Å². The van der Waals surface area contributed by atoms with Crippen LogP contribution < -0.4 is 0 Å². The minimum absolute atomic E-state index is 0.334. The number of hydrogen-bond acceptors (Lipinski definition) is 3. The molecule has 0 spiro atoms. The van der Waals surface area contributed by atoms with Crippen LogP contribution in [0.25, 0.3) is 0 Å². The lowest BCUT2D eigenvalue weighted by atomic mass is 9.67. The van der Waals surface area contributed by atoms with E-state index in [1.165, 1.54) is 25.7 Å². The molecule has 0 amide bonds. The van der Waals surface area contributed by atoms with Gasteiger partial charge in [0.15, 0.2) is 0 Å². The predicted octanol–water partition coefficient (Wildman–Crippen LogP) is 7.13. The maximum Gasteiger partial charge on any atom is 0.509 e. The number of hydrogen-bond donors (Lipinski definition) is 0. The van der Waals surface area contributed by atoms with Crippen LogP contribution in [-0.2, 0) is 9.47 Å². The third-order valence-electron chi connectivity index (χ3n) is 7.07. The Bertz CT molecular complexity index is 458. The van der Waals surface area contributed by atoms with Crippen molar-refractivity contribution in [2.45, 2.75) is 118 Å². The first-order valence-corrected chi connectivity index (χ1v) is 10.6. The second-order valence-electron chi connectivity index (χ2n) is 11.6. The standard InChI is InChI=1S/C23H42O3/c1-20(2)13-9-11-17(15-20)22(5,6)25-19(24)26-23(7,8)18-12-10-14-21(3,4)16-18/h17-18H,9-16H2,1-8H3. The highest BCUT2D eigenvalue weighted by Gasteiger charge is 2.43. The monoisotopic (exact) mass is 366 g/mol. The van der Waals surface area contributed by atoms with Crippen molar-refractivity contribution in [2.75, 3.05) is 0 Å². The molecule has 2 unspecified atom stereocenters. The Morgan fingerprint density at radius 1 is 0.769 bits per heavy atom. The summed E-state index contributed by atoms with van der Waals surface area (Å²) in [6.07, 6.45) is 8.91. The molecule has 0 bridgehead atoms. The van der Waals surface area contributed by atoms with E-state index in [0.29, 0.717) is 22.7 Å². The van der Waals surface area contributed by atoms with Crippen LogP contribution in [0, 0.1) is 22.7 Å². The average molecular weight is 367 g/mol. The molecule has 0 aromatic heterocycles. The SMILES string of the molecule is CC1(C)CCCC(C(C)(C)OC(=O)OC(C)(C)C2CCCC(C)(C)C2)C1. The van der Waals surface area contributed by atoms with Gasteiger partial charge in [-0.05, 0) is 88.9 Å². The largest absolute Gasteiger partial charge is 0.509 e. The summed E-state index contributed by atoms with van der Waals surface area (Å²) in [4.78, 5) is 12.6. The van der Waals surface area contributed by atoms with Crippen molar-refractivity contribution in [3.05, 3.63) is 0 Å². The molecule has 2 atom stereocenters. The van der Waals surface area contributed by atoms with Crippen LogP contribution in [-0.4, -0.2) is 17.4 Å². The van der Waals surface area contributed by atoms with Gasteiger partial charge in [-0.25, -0.2) is 4.79 Å². The topological polar surface area (TPSA) is 35.5 Å². The second kappa shape index (κ2) is 7.36.